The number of aromatic nitrogens is 2. The Morgan fingerprint density at radius 3 is 2.52 bits per heavy atom. The number of rotatable bonds is 6. The van der Waals surface area contributed by atoms with E-state index < -0.39 is 12.3 Å². The molecule has 0 saturated carbocycles. The molecule has 9 heteroatoms. The number of hydrogen-bond acceptors (Lipinski definition) is 5. The highest BCUT2D eigenvalue weighted by Crippen LogP contribution is 2.23. The molecule has 0 atom stereocenters. The first-order valence-electron chi connectivity index (χ1n) is 6.30. The summed E-state index contributed by atoms with van der Waals surface area (Å²) in [5.41, 5.74) is 0.554. The maximum Gasteiger partial charge on any atom is 0.573 e. The van der Waals surface area contributed by atoms with Crippen molar-refractivity contribution < 1.29 is 32.3 Å². The van der Waals surface area contributed by atoms with Gasteiger partial charge in [0.15, 0.2) is 5.82 Å². The molecule has 23 heavy (non-hydrogen) atoms. The van der Waals surface area contributed by atoms with E-state index in [2.05, 4.69) is 21.5 Å². The van der Waals surface area contributed by atoms with Crippen LogP contribution in [0.2, 0.25) is 0 Å². The summed E-state index contributed by atoms with van der Waals surface area (Å²) >= 11 is 0. The number of hydrogen-bond donors (Lipinski definition) is 1. The molecule has 0 spiro atoms. The van der Waals surface area contributed by atoms with E-state index in [9.17, 15) is 18.0 Å². The van der Waals surface area contributed by atoms with Crippen LogP contribution in [-0.4, -0.2) is 27.6 Å². The molecule has 1 aromatic carbocycles. The van der Waals surface area contributed by atoms with Crippen LogP contribution in [-0.2, 0) is 17.6 Å². The van der Waals surface area contributed by atoms with Crippen molar-refractivity contribution in [2.45, 2.75) is 19.2 Å². The minimum absolute atomic E-state index is 0.0826. The Hall–Kier alpha value is -2.84. The summed E-state index contributed by atoms with van der Waals surface area (Å²) in [6.45, 7) is 3.35. The Morgan fingerprint density at radius 2 is 1.96 bits per heavy atom. The number of aliphatic carboxylic acids is 1. The molecule has 1 heterocycles. The quantitative estimate of drug-likeness (QED) is 0.821. The molecule has 0 fully saturated rings. The van der Waals surface area contributed by atoms with Crippen LogP contribution in [0.5, 0.6) is 5.75 Å². The molecule has 2 rings (SSSR count). The Bertz CT molecular complexity index is 708. The fourth-order valence-electron chi connectivity index (χ4n) is 1.68. The average Bonchev–Trinajstić information content (AvgIpc) is 2.86. The van der Waals surface area contributed by atoms with Crippen molar-refractivity contribution in [1.29, 1.82) is 0 Å². The van der Waals surface area contributed by atoms with E-state index in [1.807, 2.05) is 0 Å². The highest BCUT2D eigenvalue weighted by molar-refractivity contribution is 5.86. The number of benzene rings is 1. The number of carboxylic acid groups (broad SMARTS) is 1. The minimum Gasteiger partial charge on any atom is -0.478 e. The number of ether oxygens (including phenoxy) is 1. The molecular formula is C14H11F3N2O4. The summed E-state index contributed by atoms with van der Waals surface area (Å²) in [5, 5.41) is 12.4. The Morgan fingerprint density at radius 1 is 1.30 bits per heavy atom. The number of nitrogens with zero attached hydrogens (tertiary/aromatic N) is 2. The number of carboxylic acids is 1. The summed E-state index contributed by atoms with van der Waals surface area (Å²) < 4.78 is 44.8. The van der Waals surface area contributed by atoms with Gasteiger partial charge >= 0.3 is 12.3 Å². The monoisotopic (exact) mass is 328 g/mol. The van der Waals surface area contributed by atoms with Crippen molar-refractivity contribution in [1.82, 2.24) is 10.1 Å². The molecule has 0 amide bonds. The topological polar surface area (TPSA) is 85.5 Å². The summed E-state index contributed by atoms with van der Waals surface area (Å²) in [5.74, 6) is -1.11. The van der Waals surface area contributed by atoms with Crippen LogP contribution in [0.3, 0.4) is 0 Å². The molecule has 2 aromatic rings. The highest BCUT2D eigenvalue weighted by Gasteiger charge is 2.30. The first-order chi connectivity index (χ1) is 10.7. The van der Waals surface area contributed by atoms with Gasteiger partial charge in [-0.15, -0.1) is 13.2 Å². The van der Waals surface area contributed by atoms with Gasteiger partial charge in [0.2, 0.25) is 5.89 Å². The van der Waals surface area contributed by atoms with Gasteiger partial charge in [-0.3, -0.25) is 0 Å². The molecule has 122 valence electrons. The van der Waals surface area contributed by atoms with Crippen LogP contribution in [0.25, 0.3) is 0 Å². The number of carbonyl (C=O) groups is 1. The maximum atomic E-state index is 12.0. The summed E-state index contributed by atoms with van der Waals surface area (Å²) in [4.78, 5) is 14.6. The number of halogens is 3. The molecule has 0 radical (unpaired) electrons. The smallest absolute Gasteiger partial charge is 0.478 e. The van der Waals surface area contributed by atoms with Gasteiger partial charge in [-0.05, 0) is 17.7 Å². The van der Waals surface area contributed by atoms with Crippen LogP contribution in [0, 0.1) is 0 Å². The van der Waals surface area contributed by atoms with Gasteiger partial charge in [0.1, 0.15) is 5.75 Å². The summed E-state index contributed by atoms with van der Waals surface area (Å²) in [7, 11) is 0. The first kappa shape index (κ1) is 16.5. The highest BCUT2D eigenvalue weighted by atomic mass is 19.4. The molecule has 0 aliphatic heterocycles. The molecule has 1 aromatic heterocycles. The average molecular weight is 328 g/mol. The van der Waals surface area contributed by atoms with Crippen LogP contribution >= 0.6 is 0 Å². The fraction of sp³-hybridized carbons (Fsp3) is 0.214. The minimum atomic E-state index is -4.74. The third kappa shape index (κ3) is 5.13. The van der Waals surface area contributed by atoms with Crippen molar-refractivity contribution in [3.8, 4) is 5.75 Å². The molecule has 1 N–H and O–H groups in total. The second kappa shape index (κ2) is 6.51. The van der Waals surface area contributed by atoms with Gasteiger partial charge in [0, 0.05) is 12.0 Å². The molecule has 0 aliphatic rings. The van der Waals surface area contributed by atoms with E-state index in [1.165, 1.54) is 24.3 Å². The Kier molecular flexibility index (Phi) is 4.68. The van der Waals surface area contributed by atoms with E-state index in [0.717, 1.165) is 0 Å². The SMILES string of the molecule is C=C(Cc1nc(Cc2ccc(OC(F)(F)F)cc2)no1)C(=O)O. The van der Waals surface area contributed by atoms with Gasteiger partial charge in [-0.2, -0.15) is 4.98 Å². The lowest BCUT2D eigenvalue weighted by Crippen LogP contribution is -2.17. The predicted octanol–water partition coefficient (Wildman–Crippen LogP) is 2.74. The van der Waals surface area contributed by atoms with Crippen LogP contribution in [0.1, 0.15) is 17.3 Å². The normalized spacial score (nSPS) is 11.3. The Labute approximate surface area is 128 Å². The van der Waals surface area contributed by atoms with Crippen LogP contribution in [0.15, 0.2) is 40.9 Å². The van der Waals surface area contributed by atoms with Crippen LogP contribution in [0.4, 0.5) is 13.2 Å². The summed E-state index contributed by atoms with van der Waals surface area (Å²) in [6.07, 6.45) is -4.60. The van der Waals surface area contributed by atoms with E-state index in [4.69, 9.17) is 9.63 Å². The molecule has 0 bridgehead atoms. The van der Waals surface area contributed by atoms with Gasteiger partial charge in [0.25, 0.3) is 0 Å². The second-order valence-electron chi connectivity index (χ2n) is 4.56. The zero-order chi connectivity index (χ0) is 17.0. The molecule has 0 saturated heterocycles. The zero-order valence-electron chi connectivity index (χ0n) is 11.6. The van der Waals surface area contributed by atoms with Gasteiger partial charge < -0.3 is 14.4 Å². The fourth-order valence-corrected chi connectivity index (χ4v) is 1.68. The van der Waals surface area contributed by atoms with Crippen molar-refractivity contribution in [3.63, 3.8) is 0 Å². The summed E-state index contributed by atoms with van der Waals surface area (Å²) in [6, 6.07) is 5.23. The molecule has 0 unspecified atom stereocenters. The maximum absolute atomic E-state index is 12.0. The van der Waals surface area contributed by atoms with Crippen LogP contribution < -0.4 is 4.74 Å². The second-order valence-corrected chi connectivity index (χ2v) is 4.56. The van der Waals surface area contributed by atoms with Gasteiger partial charge in [0.05, 0.1) is 6.42 Å². The van der Waals surface area contributed by atoms with Crippen molar-refractivity contribution in [2.75, 3.05) is 0 Å². The first-order valence-corrected chi connectivity index (χ1v) is 6.30. The lowest BCUT2D eigenvalue weighted by Gasteiger charge is -2.08. The van der Waals surface area contributed by atoms with Gasteiger partial charge in [-0.1, -0.05) is 23.9 Å². The van der Waals surface area contributed by atoms with Crippen molar-refractivity contribution in [3.05, 3.63) is 53.7 Å². The third-order valence-electron chi connectivity index (χ3n) is 2.70. The van der Waals surface area contributed by atoms with E-state index in [-0.39, 0.29) is 35.9 Å². The van der Waals surface area contributed by atoms with E-state index in [1.54, 1.807) is 0 Å². The lowest BCUT2D eigenvalue weighted by atomic mass is 10.1. The molecule has 6 nitrogen and oxygen atoms in total. The van der Waals surface area contributed by atoms with Crippen molar-refractivity contribution >= 4 is 5.97 Å². The molecular weight excluding hydrogens is 317 g/mol. The molecule has 0 aliphatic carbocycles. The van der Waals surface area contributed by atoms with Crippen molar-refractivity contribution in [2.24, 2.45) is 0 Å². The van der Waals surface area contributed by atoms with E-state index >= 15 is 0 Å². The number of alkyl halides is 3. The van der Waals surface area contributed by atoms with Gasteiger partial charge in [-0.25, -0.2) is 4.79 Å². The largest absolute Gasteiger partial charge is 0.573 e. The third-order valence-corrected chi connectivity index (χ3v) is 2.70. The van der Waals surface area contributed by atoms with E-state index in [0.29, 0.717) is 5.56 Å². The zero-order valence-corrected chi connectivity index (χ0v) is 11.6. The lowest BCUT2D eigenvalue weighted by molar-refractivity contribution is -0.274. The predicted molar refractivity (Wildman–Crippen MR) is 70.7 cm³/mol. The standard InChI is InChI=1S/C14H11F3N2O4/c1-8(13(20)21)6-12-18-11(19-23-12)7-9-2-4-10(5-3-9)22-14(15,16)17/h2-5H,1,6-7H2,(H,20,21). The Balaban J connectivity index is 1.98.